The molecule has 0 aliphatic carbocycles. The third-order valence-electron chi connectivity index (χ3n) is 5.46. The second-order valence-corrected chi connectivity index (χ2v) is 13.6. The second-order valence-electron chi connectivity index (χ2n) is 9.05. The smallest absolute Gasteiger partial charge is 0.335 e. The summed E-state index contributed by atoms with van der Waals surface area (Å²) in [5.74, 6) is -2.60. The van der Waals surface area contributed by atoms with Crippen LogP contribution in [0.25, 0.3) is 0 Å². The van der Waals surface area contributed by atoms with E-state index < -0.39 is 31.0 Å². The van der Waals surface area contributed by atoms with Crippen LogP contribution in [0.15, 0.2) is 46.2 Å². The number of rotatable bonds is 14. The molecule has 0 bridgehead atoms. The molecule has 5 N–H and O–H groups in total. The number of hydrogen-bond acceptors (Lipinski definition) is 14. The van der Waals surface area contributed by atoms with Crippen molar-refractivity contribution in [2.24, 2.45) is 0 Å². The van der Waals surface area contributed by atoms with Gasteiger partial charge < -0.3 is 45.2 Å². The Hall–Kier alpha value is -3.85. The maximum absolute atomic E-state index is 12.4. The number of likely N-dealkylation sites (N-methyl/N-ethyl adjacent to an activating group) is 2. The fourth-order valence-corrected chi connectivity index (χ4v) is 5.51. The molecule has 0 aromatic heterocycles. The summed E-state index contributed by atoms with van der Waals surface area (Å²) >= 11 is 0. The van der Waals surface area contributed by atoms with Gasteiger partial charge in [-0.3, -0.25) is 4.79 Å². The SMILES string of the molecule is CC=O.CCOC(C)=O.CNCCOC.CNc1ccc(C(=O)O)cc1S(=O)(=O)Cl.CNc1ccc(C(=O)O)cc1S(=O)(=O)N(C)CCOC. The number of carbonyl (C=O) groups is 4. The van der Waals surface area contributed by atoms with Crippen LogP contribution in [0.5, 0.6) is 0 Å². The standard InChI is InChI=1S/C12H18N2O5S.C8H8ClNO4S.C4H11NO.C4H8O2.C2H4O/c1-13-10-5-4-9(12(15)16)8-11(10)20(17,18)14(2)6-7-19-3;1-10-6-3-2-5(8(11)12)4-7(6)15(9,13)14;1-5-3-4-6-2;1-3-6-4(2)5;1-2-3/h4-5,8,13H,6-7H2,1-3H3,(H,15,16);2-4,10H,1H3,(H,11,12);5H,3-4H2,1-2H3;3H2,1-2H3;2H,1H3. The minimum Gasteiger partial charge on any atom is -0.478 e. The summed E-state index contributed by atoms with van der Waals surface area (Å²) in [4.78, 5) is 39.9. The number of carboxylic acid groups (broad SMARTS) is 2. The monoisotopic (exact) mass is 772 g/mol. The van der Waals surface area contributed by atoms with Crippen LogP contribution in [0.4, 0.5) is 11.4 Å². The number of esters is 1. The topological polar surface area (TPSA) is 244 Å². The zero-order valence-corrected chi connectivity index (χ0v) is 32.0. The van der Waals surface area contributed by atoms with Crippen LogP contribution < -0.4 is 16.0 Å². The second kappa shape index (κ2) is 27.9. The zero-order valence-electron chi connectivity index (χ0n) is 29.6. The maximum atomic E-state index is 12.4. The lowest BCUT2D eigenvalue weighted by Crippen LogP contribution is -2.30. The number of carbonyl (C=O) groups excluding carboxylic acids is 2. The van der Waals surface area contributed by atoms with Crippen LogP contribution in [-0.2, 0) is 42.9 Å². The predicted octanol–water partition coefficient (Wildman–Crippen LogP) is 2.67. The molecule has 0 saturated carbocycles. The molecule has 0 unspecified atom stereocenters. The summed E-state index contributed by atoms with van der Waals surface area (Å²) in [6, 6.07) is 7.57. The number of hydrogen-bond donors (Lipinski definition) is 5. The molecule has 286 valence electrons. The molecule has 0 radical (unpaired) electrons. The highest BCUT2D eigenvalue weighted by molar-refractivity contribution is 8.13. The van der Waals surface area contributed by atoms with Crippen molar-refractivity contribution >= 4 is 65.3 Å². The average molecular weight is 773 g/mol. The van der Waals surface area contributed by atoms with E-state index >= 15 is 0 Å². The first-order chi connectivity index (χ1) is 23.3. The number of nitrogens with one attached hydrogen (secondary N) is 3. The number of carboxylic acids is 2. The van der Waals surface area contributed by atoms with Gasteiger partial charge in [-0.2, -0.15) is 4.31 Å². The van der Waals surface area contributed by atoms with E-state index in [9.17, 15) is 31.2 Å². The van der Waals surface area contributed by atoms with Crippen molar-refractivity contribution in [3.8, 4) is 0 Å². The van der Waals surface area contributed by atoms with Gasteiger partial charge in [0, 0.05) is 66.1 Å². The van der Waals surface area contributed by atoms with E-state index in [1.54, 1.807) is 21.1 Å². The predicted molar refractivity (Wildman–Crippen MR) is 190 cm³/mol. The van der Waals surface area contributed by atoms with Crippen molar-refractivity contribution in [2.75, 3.05) is 86.0 Å². The Labute approximate surface area is 298 Å². The van der Waals surface area contributed by atoms with Crippen molar-refractivity contribution in [1.82, 2.24) is 9.62 Å². The first kappa shape index (κ1) is 50.5. The molecule has 20 heteroatoms. The lowest BCUT2D eigenvalue weighted by molar-refractivity contribution is -0.140. The number of methoxy groups -OCH3 is 2. The number of aldehydes is 1. The normalized spacial score (nSPS) is 10.2. The van der Waals surface area contributed by atoms with Gasteiger partial charge in [-0.15, -0.1) is 0 Å². The third-order valence-corrected chi connectivity index (χ3v) is 8.72. The minimum absolute atomic E-state index is 0.0708. The van der Waals surface area contributed by atoms with Crippen LogP contribution >= 0.6 is 10.7 Å². The summed E-state index contributed by atoms with van der Waals surface area (Å²) in [5.41, 5.74) is 0.394. The number of sulfonamides is 1. The fraction of sp³-hybridized carbons (Fsp3) is 0.467. The number of anilines is 2. The van der Waals surface area contributed by atoms with Crippen molar-refractivity contribution in [1.29, 1.82) is 0 Å². The highest BCUT2D eigenvalue weighted by atomic mass is 35.7. The van der Waals surface area contributed by atoms with Gasteiger partial charge in [0.25, 0.3) is 9.05 Å². The molecule has 0 spiro atoms. The van der Waals surface area contributed by atoms with E-state index in [1.165, 1.54) is 59.3 Å². The van der Waals surface area contributed by atoms with E-state index in [4.69, 9.17) is 35.2 Å². The van der Waals surface area contributed by atoms with Crippen molar-refractivity contribution < 1.29 is 60.4 Å². The van der Waals surface area contributed by atoms with Crippen LogP contribution in [0.1, 0.15) is 41.5 Å². The lowest BCUT2D eigenvalue weighted by Gasteiger charge is -2.19. The van der Waals surface area contributed by atoms with Gasteiger partial charge in [0.2, 0.25) is 10.0 Å². The fourth-order valence-electron chi connectivity index (χ4n) is 3.05. The van der Waals surface area contributed by atoms with E-state index in [2.05, 4.69) is 20.7 Å². The van der Waals surface area contributed by atoms with Gasteiger partial charge in [-0.1, -0.05) is 0 Å². The lowest BCUT2D eigenvalue weighted by atomic mass is 10.2. The highest BCUT2D eigenvalue weighted by Gasteiger charge is 2.25. The molecule has 2 aromatic rings. The molecular formula is C30H49ClN4O13S2. The Balaban J connectivity index is -0.000000642. The molecule has 50 heavy (non-hydrogen) atoms. The number of aromatic carboxylic acids is 2. The molecule has 0 aliphatic rings. The Bertz CT molecular complexity index is 1540. The van der Waals surface area contributed by atoms with E-state index in [0.29, 0.717) is 12.3 Å². The molecule has 0 aliphatic heterocycles. The van der Waals surface area contributed by atoms with Crippen LogP contribution in [0, 0.1) is 0 Å². The molecule has 0 atom stereocenters. The Morgan fingerprint density at radius 3 is 1.56 bits per heavy atom. The maximum Gasteiger partial charge on any atom is 0.335 e. The highest BCUT2D eigenvalue weighted by Crippen LogP contribution is 2.26. The number of benzene rings is 2. The molecule has 17 nitrogen and oxygen atoms in total. The summed E-state index contributed by atoms with van der Waals surface area (Å²) in [5, 5.41) is 26.0. The van der Waals surface area contributed by atoms with Gasteiger partial charge in [-0.25, -0.2) is 26.4 Å². The van der Waals surface area contributed by atoms with Crippen LogP contribution in [0.3, 0.4) is 0 Å². The molecule has 2 aromatic carbocycles. The van der Waals surface area contributed by atoms with Crippen LogP contribution in [0.2, 0.25) is 0 Å². The van der Waals surface area contributed by atoms with Crippen molar-refractivity contribution in [3.05, 3.63) is 47.5 Å². The first-order valence-electron chi connectivity index (χ1n) is 14.5. The van der Waals surface area contributed by atoms with Gasteiger partial charge >= 0.3 is 17.9 Å². The molecular weight excluding hydrogens is 724 g/mol. The Kier molecular flexibility index (Phi) is 28.2. The van der Waals surface area contributed by atoms with Gasteiger partial charge in [0.1, 0.15) is 16.1 Å². The summed E-state index contributed by atoms with van der Waals surface area (Å²) in [6.07, 6.45) is 0.750. The zero-order chi connectivity index (χ0) is 39.5. The third kappa shape index (κ3) is 21.3. The quantitative estimate of drug-likeness (QED) is 0.0802. The van der Waals surface area contributed by atoms with E-state index in [0.717, 1.165) is 35.9 Å². The minimum atomic E-state index is -3.96. The molecule has 2 rings (SSSR count). The molecule has 0 fully saturated rings. The molecule has 0 heterocycles. The summed E-state index contributed by atoms with van der Waals surface area (Å²) in [7, 11) is 7.00. The van der Waals surface area contributed by atoms with Gasteiger partial charge in [0.05, 0.1) is 42.3 Å². The van der Waals surface area contributed by atoms with Crippen LogP contribution in [-0.4, -0.2) is 131 Å². The first-order valence-corrected chi connectivity index (χ1v) is 18.2. The van der Waals surface area contributed by atoms with Crippen molar-refractivity contribution in [3.63, 3.8) is 0 Å². The Morgan fingerprint density at radius 1 is 0.860 bits per heavy atom. The number of nitrogens with zero attached hydrogens (tertiary/aromatic N) is 1. The molecule has 0 saturated heterocycles. The number of halogens is 1. The van der Waals surface area contributed by atoms with Gasteiger partial charge in [0.15, 0.2) is 0 Å². The summed E-state index contributed by atoms with van der Waals surface area (Å²) in [6.45, 7) is 7.27. The van der Waals surface area contributed by atoms with Crippen molar-refractivity contribution in [2.45, 2.75) is 30.6 Å². The average Bonchev–Trinajstić information content (AvgIpc) is 3.06. The summed E-state index contributed by atoms with van der Waals surface area (Å²) < 4.78 is 62.2. The van der Waals surface area contributed by atoms with E-state index in [-0.39, 0.29) is 45.7 Å². The van der Waals surface area contributed by atoms with E-state index in [1.807, 2.05) is 7.05 Å². The Morgan fingerprint density at radius 2 is 1.28 bits per heavy atom. The molecule has 0 amide bonds. The number of ether oxygens (including phenoxy) is 3. The largest absolute Gasteiger partial charge is 0.478 e. The van der Waals surface area contributed by atoms with Gasteiger partial charge in [-0.05, 0) is 57.3 Å².